The second-order valence-corrected chi connectivity index (χ2v) is 5.80. The molecule has 2 aromatic rings. The number of sulfonamides is 1. The summed E-state index contributed by atoms with van der Waals surface area (Å²) in [7, 11) is -3.63. The van der Waals surface area contributed by atoms with E-state index in [1.54, 1.807) is 6.07 Å². The summed E-state index contributed by atoms with van der Waals surface area (Å²) in [5.41, 5.74) is 1.45. The smallest absolute Gasteiger partial charge is 0.253 e. The quantitative estimate of drug-likeness (QED) is 0.876. The summed E-state index contributed by atoms with van der Waals surface area (Å²) in [6.07, 6.45) is 0. The lowest BCUT2D eigenvalue weighted by molar-refractivity contribution is 0.601. The maximum absolute atomic E-state index is 11.9. The van der Waals surface area contributed by atoms with Gasteiger partial charge in [0.05, 0.1) is 4.90 Å². The molecule has 0 amide bonds. The molecular weight excluding hydrogens is 258 g/mol. The zero-order valence-electron chi connectivity index (χ0n) is 8.75. The van der Waals surface area contributed by atoms with Crippen molar-refractivity contribution in [2.45, 2.75) is 4.90 Å². The van der Waals surface area contributed by atoms with Gasteiger partial charge >= 0.3 is 0 Å². The van der Waals surface area contributed by atoms with Crippen molar-refractivity contribution in [2.24, 2.45) is 0 Å². The molecule has 0 saturated heterocycles. The summed E-state index contributed by atoms with van der Waals surface area (Å²) in [6, 6.07) is 4.54. The van der Waals surface area contributed by atoms with Crippen molar-refractivity contribution in [3.05, 3.63) is 34.1 Å². The molecule has 7 heteroatoms. The van der Waals surface area contributed by atoms with Gasteiger partial charge in [0.15, 0.2) is 0 Å². The van der Waals surface area contributed by atoms with Crippen LogP contribution in [0.3, 0.4) is 0 Å². The number of nitrogens with one attached hydrogen (secondary N) is 1. The Morgan fingerprint density at radius 3 is 2.65 bits per heavy atom. The Balaban J connectivity index is 0.00000162. The molecule has 1 heterocycles. The molecule has 90 valence electrons. The zero-order chi connectivity index (χ0) is 12.5. The average molecular weight is 269 g/mol. The van der Waals surface area contributed by atoms with Crippen LogP contribution in [0.25, 0.3) is 13.2 Å². The highest BCUT2D eigenvalue weighted by Crippen LogP contribution is 2.14. The molecule has 0 aliphatic carbocycles. The van der Waals surface area contributed by atoms with E-state index >= 15 is 0 Å². The van der Waals surface area contributed by atoms with E-state index in [1.165, 1.54) is 17.6 Å². The van der Waals surface area contributed by atoms with Crippen LogP contribution >= 0.6 is 11.3 Å². The lowest BCUT2D eigenvalue weighted by Gasteiger charge is -2.04. The first-order valence-corrected chi connectivity index (χ1v) is 6.92. The van der Waals surface area contributed by atoms with Crippen LogP contribution in [0.1, 0.15) is 1.43 Å². The van der Waals surface area contributed by atoms with Gasteiger partial charge in [0.1, 0.15) is 5.51 Å². The summed E-state index contributed by atoms with van der Waals surface area (Å²) < 4.78 is 26.2. The monoisotopic (exact) mass is 269 g/mol. The van der Waals surface area contributed by atoms with E-state index in [0.717, 1.165) is 11.3 Å². The molecule has 0 saturated carbocycles. The molecule has 5 nitrogen and oxygen atoms in total. The predicted octanol–water partition coefficient (Wildman–Crippen LogP) is 0.405. The number of hydrogen-bond donors (Lipinski definition) is 1. The van der Waals surface area contributed by atoms with Gasteiger partial charge in [0.25, 0.3) is 10.0 Å². The van der Waals surface area contributed by atoms with Crippen molar-refractivity contribution in [3.8, 4) is 0 Å². The number of aromatic nitrogens is 2. The second-order valence-electron chi connectivity index (χ2n) is 3.28. The predicted molar refractivity (Wildman–Crippen MR) is 69.6 cm³/mol. The molecule has 2 rings (SSSR count). The van der Waals surface area contributed by atoms with Crippen molar-refractivity contribution >= 4 is 39.6 Å². The SMILES string of the molecule is C=c1ccc(S(=O)(=O)Nc2nncs2)cc1=C.[HH]. The van der Waals surface area contributed by atoms with Crippen LogP contribution in [0, 0.1) is 0 Å². The van der Waals surface area contributed by atoms with E-state index in [0.29, 0.717) is 10.4 Å². The third-order valence-corrected chi connectivity index (χ3v) is 4.14. The van der Waals surface area contributed by atoms with Crippen LogP contribution in [0.5, 0.6) is 0 Å². The van der Waals surface area contributed by atoms with Crippen molar-refractivity contribution in [1.29, 1.82) is 0 Å². The van der Waals surface area contributed by atoms with Gasteiger partial charge in [-0.3, -0.25) is 4.72 Å². The van der Waals surface area contributed by atoms with Gasteiger partial charge in [0, 0.05) is 1.43 Å². The molecule has 0 aliphatic heterocycles. The largest absolute Gasteiger partial charge is 0.263 e. The third-order valence-electron chi connectivity index (χ3n) is 2.07. The van der Waals surface area contributed by atoms with Gasteiger partial charge in [-0.05, 0) is 22.6 Å². The lowest BCUT2D eigenvalue weighted by Crippen LogP contribution is -2.24. The number of anilines is 1. The summed E-state index contributed by atoms with van der Waals surface area (Å²) in [4.78, 5) is 0.130. The molecule has 1 N–H and O–H groups in total. The molecule has 0 fully saturated rings. The molecule has 0 spiro atoms. The molecule has 0 aliphatic rings. The Morgan fingerprint density at radius 1 is 1.29 bits per heavy atom. The number of nitrogens with zero attached hydrogens (tertiary/aromatic N) is 2. The average Bonchev–Trinajstić information content (AvgIpc) is 2.73. The molecule has 0 bridgehead atoms. The summed E-state index contributed by atoms with van der Waals surface area (Å²) in [5, 5.41) is 8.67. The normalized spacial score (nSPS) is 11.3. The summed E-state index contributed by atoms with van der Waals surface area (Å²) in [5.74, 6) is 0. The summed E-state index contributed by atoms with van der Waals surface area (Å²) >= 11 is 1.11. The van der Waals surface area contributed by atoms with Gasteiger partial charge in [-0.25, -0.2) is 8.42 Å². The van der Waals surface area contributed by atoms with Gasteiger partial charge in [-0.1, -0.05) is 30.6 Å². The Bertz CT molecular complexity index is 729. The third kappa shape index (κ3) is 2.51. The summed E-state index contributed by atoms with van der Waals surface area (Å²) in [6.45, 7) is 7.43. The maximum atomic E-state index is 11.9. The van der Waals surface area contributed by atoms with Gasteiger partial charge in [-0.15, -0.1) is 10.2 Å². The van der Waals surface area contributed by atoms with E-state index < -0.39 is 10.0 Å². The molecule has 17 heavy (non-hydrogen) atoms. The van der Waals surface area contributed by atoms with Gasteiger partial charge in [0.2, 0.25) is 5.13 Å². The first-order chi connectivity index (χ1) is 7.99. The van der Waals surface area contributed by atoms with E-state index in [1.807, 2.05) is 0 Å². The molecule has 0 unspecified atom stereocenters. The standard InChI is InChI=1S/C10H9N3O2S2.H2/c1-7-3-4-9(5-8(7)2)17(14,15)13-10-12-11-6-16-10;/h3-6H,1-2H2,(H,12,13);1H. The van der Waals surface area contributed by atoms with Gasteiger partial charge in [-0.2, -0.15) is 0 Å². The van der Waals surface area contributed by atoms with E-state index in [-0.39, 0.29) is 11.5 Å². The van der Waals surface area contributed by atoms with Crippen molar-refractivity contribution in [1.82, 2.24) is 10.2 Å². The van der Waals surface area contributed by atoms with Gasteiger partial charge < -0.3 is 0 Å². The van der Waals surface area contributed by atoms with Crippen molar-refractivity contribution in [3.63, 3.8) is 0 Å². The number of hydrogen-bond acceptors (Lipinski definition) is 5. The Hall–Kier alpha value is -1.73. The minimum absolute atomic E-state index is 0. The number of benzene rings is 1. The Kier molecular flexibility index (Phi) is 2.95. The van der Waals surface area contributed by atoms with Crippen molar-refractivity contribution in [2.75, 3.05) is 4.72 Å². The van der Waals surface area contributed by atoms with Crippen LogP contribution in [0.15, 0.2) is 28.6 Å². The van der Waals surface area contributed by atoms with Crippen molar-refractivity contribution < 1.29 is 9.84 Å². The highest BCUT2D eigenvalue weighted by Gasteiger charge is 2.15. The first-order valence-electron chi connectivity index (χ1n) is 4.56. The minimum Gasteiger partial charge on any atom is -0.253 e. The van der Waals surface area contributed by atoms with E-state index in [9.17, 15) is 8.42 Å². The number of rotatable bonds is 3. The zero-order valence-corrected chi connectivity index (χ0v) is 10.4. The van der Waals surface area contributed by atoms with Crippen LogP contribution in [0.4, 0.5) is 5.13 Å². The van der Waals surface area contributed by atoms with Crippen LogP contribution in [0.2, 0.25) is 0 Å². The topological polar surface area (TPSA) is 72.0 Å². The molecule has 0 atom stereocenters. The molecule has 1 aromatic carbocycles. The maximum Gasteiger partial charge on any atom is 0.263 e. The van der Waals surface area contributed by atoms with Crippen LogP contribution in [-0.2, 0) is 10.0 Å². The minimum atomic E-state index is -3.63. The molecular formula is C10H11N3O2S2. The first kappa shape index (κ1) is 11.7. The van der Waals surface area contributed by atoms with E-state index in [4.69, 9.17) is 0 Å². The lowest BCUT2D eigenvalue weighted by atomic mass is 10.3. The molecule has 1 aromatic heterocycles. The fraction of sp³-hybridized carbons (Fsp3) is 0. The Morgan fingerprint density at radius 2 is 2.06 bits per heavy atom. The fourth-order valence-corrected chi connectivity index (χ4v) is 2.90. The molecule has 0 radical (unpaired) electrons. The Labute approximate surface area is 104 Å². The highest BCUT2D eigenvalue weighted by molar-refractivity contribution is 7.93. The van der Waals surface area contributed by atoms with E-state index in [2.05, 4.69) is 28.1 Å². The van der Waals surface area contributed by atoms with Crippen LogP contribution in [-0.4, -0.2) is 18.6 Å². The highest BCUT2D eigenvalue weighted by atomic mass is 32.2. The second kappa shape index (κ2) is 4.27. The van der Waals surface area contributed by atoms with Crippen LogP contribution < -0.4 is 15.2 Å². The fourth-order valence-electron chi connectivity index (χ4n) is 1.16.